The fourth-order valence-corrected chi connectivity index (χ4v) is 4.26. The molecule has 126 valence electrons. The predicted molar refractivity (Wildman–Crippen MR) is 90.0 cm³/mol. The molecule has 6 heteroatoms. The maximum atomic E-state index is 9.59. The number of aromatic nitrogens is 4. The maximum absolute atomic E-state index is 9.59. The molecule has 2 saturated carbocycles. The van der Waals surface area contributed by atoms with Crippen LogP contribution in [0, 0.1) is 5.41 Å². The molecular formula is C18H23N5O. The number of hydrogen-bond acceptors (Lipinski definition) is 5. The van der Waals surface area contributed by atoms with Crippen molar-refractivity contribution < 1.29 is 5.11 Å². The minimum atomic E-state index is 0.0943. The lowest BCUT2D eigenvalue weighted by Gasteiger charge is -2.34. The van der Waals surface area contributed by atoms with Gasteiger partial charge in [-0.25, -0.2) is 9.97 Å². The number of rotatable bonds is 5. The third-order valence-corrected chi connectivity index (χ3v) is 6.06. The van der Waals surface area contributed by atoms with Crippen LogP contribution in [-0.2, 0) is 0 Å². The standard InChI is InChI=1S/C18H23N5O/c1-11(15-6-16(22-21-15)12-2-3-12)14-4-5-19-17(20-14)23-9-18(10-24)7-13(23)8-18/h4-6,11-13,24H,2-3,7-10H2,1H3,(H,21,22). The Morgan fingerprint density at radius 2 is 2.21 bits per heavy atom. The molecule has 1 atom stereocenters. The van der Waals surface area contributed by atoms with Crippen molar-refractivity contribution in [2.45, 2.75) is 50.5 Å². The highest BCUT2D eigenvalue weighted by molar-refractivity contribution is 5.41. The van der Waals surface area contributed by atoms with E-state index in [0.29, 0.717) is 12.0 Å². The first-order valence-corrected chi connectivity index (χ1v) is 8.93. The molecule has 0 aromatic carbocycles. The number of aliphatic hydroxyl groups excluding tert-OH is 1. The quantitative estimate of drug-likeness (QED) is 0.881. The number of nitrogens with one attached hydrogen (secondary N) is 1. The first-order chi connectivity index (χ1) is 11.7. The van der Waals surface area contributed by atoms with Crippen molar-refractivity contribution in [2.75, 3.05) is 18.1 Å². The van der Waals surface area contributed by atoms with Gasteiger partial charge in [-0.3, -0.25) is 5.10 Å². The second-order valence-corrected chi connectivity index (χ2v) is 7.87. The van der Waals surface area contributed by atoms with Crippen LogP contribution >= 0.6 is 0 Å². The van der Waals surface area contributed by atoms with Crippen molar-refractivity contribution in [3.8, 4) is 0 Å². The Morgan fingerprint density at radius 1 is 1.38 bits per heavy atom. The molecule has 1 unspecified atom stereocenters. The zero-order chi connectivity index (χ0) is 16.3. The molecule has 4 aliphatic rings. The summed E-state index contributed by atoms with van der Waals surface area (Å²) < 4.78 is 0. The van der Waals surface area contributed by atoms with E-state index in [9.17, 15) is 5.11 Å². The van der Waals surface area contributed by atoms with Crippen molar-refractivity contribution in [1.82, 2.24) is 20.2 Å². The summed E-state index contributed by atoms with van der Waals surface area (Å²) in [5.74, 6) is 1.64. The molecule has 4 heterocycles. The Balaban J connectivity index is 1.38. The number of hydrogen-bond donors (Lipinski definition) is 2. The van der Waals surface area contributed by atoms with Gasteiger partial charge in [0.05, 0.1) is 18.0 Å². The van der Waals surface area contributed by atoms with Gasteiger partial charge in [0, 0.05) is 41.7 Å². The van der Waals surface area contributed by atoms with Crippen LogP contribution in [0.15, 0.2) is 18.3 Å². The van der Waals surface area contributed by atoms with Crippen LogP contribution in [-0.4, -0.2) is 44.5 Å². The van der Waals surface area contributed by atoms with E-state index in [4.69, 9.17) is 4.98 Å². The lowest BCUT2D eigenvalue weighted by molar-refractivity contribution is 0.0873. The molecule has 0 amide bonds. The number of anilines is 1. The van der Waals surface area contributed by atoms with Gasteiger partial charge in [0.1, 0.15) is 0 Å². The summed E-state index contributed by atoms with van der Waals surface area (Å²) >= 11 is 0. The second-order valence-electron chi connectivity index (χ2n) is 7.87. The molecular weight excluding hydrogens is 302 g/mol. The average Bonchev–Trinajstić information content (AvgIpc) is 3.07. The van der Waals surface area contributed by atoms with Crippen LogP contribution in [0.2, 0.25) is 0 Å². The van der Waals surface area contributed by atoms with Crippen LogP contribution in [0.25, 0.3) is 0 Å². The van der Waals surface area contributed by atoms with Gasteiger partial charge in [-0.15, -0.1) is 0 Å². The fourth-order valence-electron chi connectivity index (χ4n) is 4.26. The van der Waals surface area contributed by atoms with E-state index in [2.05, 4.69) is 33.1 Å². The number of fused-ring (bicyclic) bond motifs is 1. The van der Waals surface area contributed by atoms with Gasteiger partial charge in [-0.1, -0.05) is 6.92 Å². The lowest BCUT2D eigenvalue weighted by Crippen LogP contribution is -2.37. The van der Waals surface area contributed by atoms with E-state index in [1.807, 2.05) is 12.3 Å². The van der Waals surface area contributed by atoms with E-state index >= 15 is 0 Å². The largest absolute Gasteiger partial charge is 0.396 e. The number of H-pyrrole nitrogens is 1. The molecule has 2 N–H and O–H groups in total. The summed E-state index contributed by atoms with van der Waals surface area (Å²) in [6.45, 7) is 3.30. The molecule has 2 aromatic rings. The highest BCUT2D eigenvalue weighted by Crippen LogP contribution is 2.52. The van der Waals surface area contributed by atoms with E-state index < -0.39 is 0 Å². The molecule has 2 saturated heterocycles. The second kappa shape index (κ2) is 5.02. The van der Waals surface area contributed by atoms with Crippen molar-refractivity contribution >= 4 is 5.95 Å². The van der Waals surface area contributed by atoms with Crippen LogP contribution in [0.5, 0.6) is 0 Å². The number of aliphatic hydroxyl groups is 1. The Kier molecular flexibility index (Phi) is 3.01. The van der Waals surface area contributed by atoms with Gasteiger partial charge in [-0.05, 0) is 37.8 Å². The first-order valence-electron chi connectivity index (χ1n) is 8.93. The summed E-state index contributed by atoms with van der Waals surface area (Å²) in [6, 6.07) is 4.68. The maximum Gasteiger partial charge on any atom is 0.225 e. The highest BCUT2D eigenvalue weighted by atomic mass is 16.3. The van der Waals surface area contributed by atoms with Crippen molar-refractivity contribution in [2.24, 2.45) is 5.41 Å². The van der Waals surface area contributed by atoms with Crippen molar-refractivity contribution in [3.05, 3.63) is 35.4 Å². The van der Waals surface area contributed by atoms with Gasteiger partial charge >= 0.3 is 0 Å². The van der Waals surface area contributed by atoms with Gasteiger partial charge < -0.3 is 10.0 Å². The highest BCUT2D eigenvalue weighted by Gasteiger charge is 2.55. The van der Waals surface area contributed by atoms with Crippen molar-refractivity contribution in [3.63, 3.8) is 0 Å². The normalized spacial score (nSPS) is 29.6. The average molecular weight is 325 g/mol. The molecule has 2 aliphatic heterocycles. The minimum Gasteiger partial charge on any atom is -0.396 e. The summed E-state index contributed by atoms with van der Waals surface area (Å²) in [7, 11) is 0. The summed E-state index contributed by atoms with van der Waals surface area (Å²) in [5.41, 5.74) is 3.42. The lowest BCUT2D eigenvalue weighted by atomic mass is 9.71. The predicted octanol–water partition coefficient (Wildman–Crippen LogP) is 2.19. The third kappa shape index (κ3) is 2.16. The molecule has 0 radical (unpaired) electrons. The zero-order valence-electron chi connectivity index (χ0n) is 13.9. The summed E-state index contributed by atoms with van der Waals surface area (Å²) in [5, 5.41) is 17.3. The summed E-state index contributed by atoms with van der Waals surface area (Å²) in [4.78, 5) is 11.6. The van der Waals surface area contributed by atoms with Gasteiger partial charge in [0.2, 0.25) is 5.95 Å². The third-order valence-electron chi connectivity index (χ3n) is 6.06. The molecule has 6 nitrogen and oxygen atoms in total. The van der Waals surface area contributed by atoms with Gasteiger partial charge in [0.25, 0.3) is 0 Å². The van der Waals surface area contributed by atoms with Crippen LogP contribution in [0.1, 0.15) is 61.5 Å². The fraction of sp³-hybridized carbons (Fsp3) is 0.611. The SMILES string of the molecule is CC(c1cc(C2CC2)[nH]n1)c1ccnc(N2CC3(CO)CC2C3)n1. The van der Waals surface area contributed by atoms with E-state index in [0.717, 1.165) is 36.7 Å². The van der Waals surface area contributed by atoms with Crippen LogP contribution in [0.3, 0.4) is 0 Å². The smallest absolute Gasteiger partial charge is 0.225 e. The number of nitrogens with zero attached hydrogens (tertiary/aromatic N) is 4. The molecule has 2 bridgehead atoms. The minimum absolute atomic E-state index is 0.0943. The molecule has 24 heavy (non-hydrogen) atoms. The molecule has 2 aromatic heterocycles. The van der Waals surface area contributed by atoms with Gasteiger partial charge in [0.15, 0.2) is 0 Å². The summed E-state index contributed by atoms with van der Waals surface area (Å²) in [6.07, 6.45) is 6.53. The van der Waals surface area contributed by atoms with Crippen LogP contribution < -0.4 is 4.90 Å². The molecule has 4 fully saturated rings. The zero-order valence-corrected chi connectivity index (χ0v) is 13.9. The monoisotopic (exact) mass is 325 g/mol. The van der Waals surface area contributed by atoms with Crippen molar-refractivity contribution in [1.29, 1.82) is 0 Å². The van der Waals surface area contributed by atoms with Crippen LogP contribution in [0.4, 0.5) is 5.95 Å². The molecule has 0 spiro atoms. The topological polar surface area (TPSA) is 77.9 Å². The van der Waals surface area contributed by atoms with Gasteiger partial charge in [-0.2, -0.15) is 5.10 Å². The number of aromatic amines is 1. The Labute approximate surface area is 141 Å². The van der Waals surface area contributed by atoms with E-state index in [1.54, 1.807) is 0 Å². The van der Waals surface area contributed by atoms with E-state index in [-0.39, 0.29) is 17.9 Å². The molecule has 6 rings (SSSR count). The Morgan fingerprint density at radius 3 is 2.92 bits per heavy atom. The Hall–Kier alpha value is -1.95. The first kappa shape index (κ1) is 14.4. The Bertz CT molecular complexity index is 762. The molecule has 2 aliphatic carbocycles. The van der Waals surface area contributed by atoms with E-state index in [1.165, 1.54) is 18.5 Å².